The third kappa shape index (κ3) is 8.23. The lowest BCUT2D eigenvalue weighted by Gasteiger charge is -2.58. The second kappa shape index (κ2) is 15.9. The predicted molar refractivity (Wildman–Crippen MR) is 192 cm³/mol. The molecule has 262 valence electrons. The summed E-state index contributed by atoms with van der Waals surface area (Å²) in [5.41, 5.74) is 4.21. The molecule has 1 aliphatic heterocycles. The van der Waals surface area contributed by atoms with E-state index in [0.717, 1.165) is 59.3 Å². The van der Waals surface area contributed by atoms with Gasteiger partial charge in [0.25, 0.3) is 0 Å². The molecule has 4 aromatic rings. The molecule has 4 aromatic carbocycles. The Kier molecular flexibility index (Phi) is 10.7. The van der Waals surface area contributed by atoms with Crippen molar-refractivity contribution in [3.63, 3.8) is 0 Å². The average Bonchev–Trinajstić information content (AvgIpc) is 3.14. The van der Waals surface area contributed by atoms with E-state index in [0.29, 0.717) is 33.0 Å². The molecule has 4 aliphatic carbocycles. The van der Waals surface area contributed by atoms with E-state index < -0.39 is 30.7 Å². The van der Waals surface area contributed by atoms with Crippen LogP contribution in [0.1, 0.15) is 60.8 Å². The Hall–Kier alpha value is -3.36. The van der Waals surface area contributed by atoms with Gasteiger partial charge in [-0.05, 0) is 78.5 Å². The predicted octanol–water partition coefficient (Wildman–Crippen LogP) is 8.67. The first-order valence-electron chi connectivity index (χ1n) is 18.6. The molecule has 0 amide bonds. The van der Waals surface area contributed by atoms with Gasteiger partial charge in [0.1, 0.15) is 24.4 Å². The van der Waals surface area contributed by atoms with Gasteiger partial charge in [0, 0.05) is 0 Å². The minimum absolute atomic E-state index is 0.190. The monoisotopic (exact) mass is 674 g/mol. The van der Waals surface area contributed by atoms with E-state index in [2.05, 4.69) is 72.8 Å². The summed E-state index contributed by atoms with van der Waals surface area (Å²) in [5.74, 6) is 2.22. The van der Waals surface area contributed by atoms with Crippen molar-refractivity contribution in [2.75, 3.05) is 6.61 Å². The van der Waals surface area contributed by atoms with Crippen LogP contribution in [0.2, 0.25) is 0 Å². The van der Waals surface area contributed by atoms with Gasteiger partial charge >= 0.3 is 0 Å². The summed E-state index contributed by atoms with van der Waals surface area (Å²) in [6, 6.07) is 41.2. The fourth-order valence-corrected chi connectivity index (χ4v) is 9.26. The zero-order valence-electron chi connectivity index (χ0n) is 28.9. The SMILES string of the molecule is c1ccc(COC[C@@H]2O[C@H](OC34CC5CC(CC(C5)C3)C4)[C@@H](OCc3ccccc3)[C@H](OCc3ccccc3)[C@H]2OCc2ccccc2)cc1. The van der Waals surface area contributed by atoms with Gasteiger partial charge < -0.3 is 28.4 Å². The lowest BCUT2D eigenvalue weighted by atomic mass is 9.54. The summed E-state index contributed by atoms with van der Waals surface area (Å²) in [4.78, 5) is 0. The summed E-state index contributed by atoms with van der Waals surface area (Å²) in [6.07, 6.45) is 4.82. The molecule has 50 heavy (non-hydrogen) atoms. The molecule has 1 saturated heterocycles. The molecular formula is C44H50O6. The first-order chi connectivity index (χ1) is 24.7. The first kappa shape index (κ1) is 33.8. The molecule has 0 N–H and O–H groups in total. The fourth-order valence-electron chi connectivity index (χ4n) is 9.26. The molecule has 5 atom stereocenters. The van der Waals surface area contributed by atoms with Crippen molar-refractivity contribution in [2.45, 2.75) is 101 Å². The second-order valence-corrected chi connectivity index (χ2v) is 15.0. The molecular weight excluding hydrogens is 624 g/mol. The van der Waals surface area contributed by atoms with Crippen LogP contribution in [0.15, 0.2) is 121 Å². The maximum atomic E-state index is 7.34. The van der Waals surface area contributed by atoms with Gasteiger partial charge in [-0.25, -0.2) is 0 Å². The van der Waals surface area contributed by atoms with Crippen molar-refractivity contribution in [1.29, 1.82) is 0 Å². The molecule has 0 spiro atoms. The molecule has 9 rings (SSSR count). The van der Waals surface area contributed by atoms with E-state index in [1.807, 2.05) is 48.5 Å². The third-order valence-electron chi connectivity index (χ3n) is 11.2. The Labute approximate surface area is 297 Å². The van der Waals surface area contributed by atoms with E-state index in [4.69, 9.17) is 28.4 Å². The summed E-state index contributed by atoms with van der Waals surface area (Å²) in [5, 5.41) is 0. The Morgan fingerprint density at radius 3 is 1.34 bits per heavy atom. The molecule has 5 aliphatic rings. The van der Waals surface area contributed by atoms with Crippen molar-refractivity contribution in [1.82, 2.24) is 0 Å². The highest BCUT2D eigenvalue weighted by Crippen LogP contribution is 2.58. The van der Waals surface area contributed by atoms with E-state index in [9.17, 15) is 0 Å². The number of rotatable bonds is 15. The van der Waals surface area contributed by atoms with Crippen LogP contribution in [0.3, 0.4) is 0 Å². The van der Waals surface area contributed by atoms with Crippen molar-refractivity contribution >= 4 is 0 Å². The van der Waals surface area contributed by atoms with E-state index in [1.54, 1.807) is 0 Å². The maximum absolute atomic E-state index is 7.34. The van der Waals surface area contributed by atoms with Crippen molar-refractivity contribution in [3.05, 3.63) is 144 Å². The van der Waals surface area contributed by atoms with Crippen LogP contribution in [-0.2, 0) is 54.8 Å². The fraction of sp³-hybridized carbons (Fsp3) is 0.455. The first-order valence-corrected chi connectivity index (χ1v) is 18.6. The minimum atomic E-state index is -0.627. The highest BCUT2D eigenvalue weighted by atomic mass is 16.7. The van der Waals surface area contributed by atoms with Gasteiger partial charge in [-0.3, -0.25) is 0 Å². The van der Waals surface area contributed by atoms with Gasteiger partial charge in [-0.15, -0.1) is 0 Å². The summed E-state index contributed by atoms with van der Waals surface area (Å²) in [6.45, 7) is 2.08. The summed E-state index contributed by atoms with van der Waals surface area (Å²) < 4.78 is 41.5. The van der Waals surface area contributed by atoms with Crippen LogP contribution in [0.25, 0.3) is 0 Å². The zero-order chi connectivity index (χ0) is 33.6. The molecule has 6 nitrogen and oxygen atoms in total. The Balaban J connectivity index is 1.11. The maximum Gasteiger partial charge on any atom is 0.187 e. The molecule has 0 aromatic heterocycles. The van der Waals surface area contributed by atoms with E-state index in [1.165, 1.54) is 19.3 Å². The quantitative estimate of drug-likeness (QED) is 0.126. The molecule has 5 fully saturated rings. The van der Waals surface area contributed by atoms with Gasteiger partial charge in [0.05, 0.1) is 38.6 Å². The van der Waals surface area contributed by atoms with Crippen LogP contribution in [-0.4, -0.2) is 42.9 Å². The lowest BCUT2D eigenvalue weighted by Crippen LogP contribution is -2.64. The third-order valence-corrected chi connectivity index (χ3v) is 11.2. The van der Waals surface area contributed by atoms with Crippen LogP contribution in [0.4, 0.5) is 0 Å². The standard InChI is InChI=1S/C44H50O6/c1-5-13-32(14-6-1)27-45-31-39-40(46-28-33-15-7-2-8-16-33)41(47-29-34-17-9-3-10-18-34)42(48-30-35-19-11-4-12-20-35)43(49-39)50-44-24-36-21-37(25-44)23-38(22-36)26-44/h1-20,36-43H,21-31H2/t36?,37?,38?,39-,40-,41+,42-,43+,44?/m0/s1. The smallest absolute Gasteiger partial charge is 0.187 e. The second-order valence-electron chi connectivity index (χ2n) is 15.0. The van der Waals surface area contributed by atoms with E-state index in [-0.39, 0.29) is 5.60 Å². The van der Waals surface area contributed by atoms with Gasteiger partial charge in [0.2, 0.25) is 0 Å². The van der Waals surface area contributed by atoms with Crippen molar-refractivity contribution in [2.24, 2.45) is 17.8 Å². The van der Waals surface area contributed by atoms with Crippen molar-refractivity contribution in [3.8, 4) is 0 Å². The minimum Gasteiger partial charge on any atom is -0.374 e. The largest absolute Gasteiger partial charge is 0.374 e. The Morgan fingerprint density at radius 1 is 0.480 bits per heavy atom. The number of benzene rings is 4. The van der Waals surface area contributed by atoms with Crippen molar-refractivity contribution < 1.29 is 28.4 Å². The number of hydrogen-bond acceptors (Lipinski definition) is 6. The van der Waals surface area contributed by atoms with Crippen LogP contribution in [0.5, 0.6) is 0 Å². The average molecular weight is 675 g/mol. The molecule has 4 saturated carbocycles. The van der Waals surface area contributed by atoms with Crippen LogP contribution >= 0.6 is 0 Å². The summed E-state index contributed by atoms with van der Waals surface area (Å²) in [7, 11) is 0. The molecule has 1 heterocycles. The zero-order valence-corrected chi connectivity index (χ0v) is 28.9. The van der Waals surface area contributed by atoms with Gasteiger partial charge in [-0.2, -0.15) is 0 Å². The Morgan fingerprint density at radius 2 is 0.880 bits per heavy atom. The molecule has 4 bridgehead atoms. The number of ether oxygens (including phenoxy) is 6. The highest BCUT2D eigenvalue weighted by Gasteiger charge is 2.56. The summed E-state index contributed by atoms with van der Waals surface area (Å²) >= 11 is 0. The van der Waals surface area contributed by atoms with Gasteiger partial charge in [-0.1, -0.05) is 121 Å². The topological polar surface area (TPSA) is 55.4 Å². The molecule has 0 unspecified atom stereocenters. The van der Waals surface area contributed by atoms with E-state index >= 15 is 0 Å². The number of hydrogen-bond donors (Lipinski definition) is 0. The normalized spacial score (nSPS) is 31.5. The molecule has 6 heteroatoms. The van der Waals surface area contributed by atoms with Crippen LogP contribution in [0, 0.1) is 17.8 Å². The lowest BCUT2D eigenvalue weighted by molar-refractivity contribution is -0.360. The Bertz CT molecular complexity index is 1560. The molecule has 0 radical (unpaired) electrons. The van der Waals surface area contributed by atoms with Gasteiger partial charge in [0.15, 0.2) is 6.29 Å². The van der Waals surface area contributed by atoms with Crippen LogP contribution < -0.4 is 0 Å². The highest BCUT2D eigenvalue weighted by molar-refractivity contribution is 5.17.